The van der Waals surface area contributed by atoms with Crippen molar-refractivity contribution in [3.8, 4) is 16.9 Å². The number of hydrogen-bond acceptors (Lipinski definition) is 6. The number of carbonyl (C=O) groups excluding carboxylic acids is 1. The van der Waals surface area contributed by atoms with Gasteiger partial charge >= 0.3 is 0 Å². The van der Waals surface area contributed by atoms with Crippen LogP contribution in [0.5, 0.6) is 5.75 Å². The Morgan fingerprint density at radius 2 is 2.00 bits per heavy atom. The van der Waals surface area contributed by atoms with Crippen molar-refractivity contribution < 1.29 is 9.90 Å². The van der Waals surface area contributed by atoms with Gasteiger partial charge in [-0.1, -0.05) is 30.3 Å². The Hall–Kier alpha value is -3.45. The first-order chi connectivity index (χ1) is 14.8. The number of nitrogens with zero attached hydrogens (tertiary/aromatic N) is 3. The van der Waals surface area contributed by atoms with Gasteiger partial charge in [0.2, 0.25) is 5.91 Å². The van der Waals surface area contributed by atoms with Crippen LogP contribution in [-0.2, 0) is 16.9 Å². The molecule has 3 N–H and O–H groups in total. The molecule has 0 radical (unpaired) electrons. The maximum atomic E-state index is 13.3. The normalized spacial score (nSPS) is 21.1. The Morgan fingerprint density at radius 1 is 1.23 bits per heavy atom. The summed E-state index contributed by atoms with van der Waals surface area (Å²) in [6.07, 6.45) is 0. The summed E-state index contributed by atoms with van der Waals surface area (Å²) in [6.45, 7) is 6.05. The van der Waals surface area contributed by atoms with Gasteiger partial charge in [0.1, 0.15) is 11.3 Å². The molecule has 158 valence electrons. The summed E-state index contributed by atoms with van der Waals surface area (Å²) < 4.78 is 0. The maximum Gasteiger partial charge on any atom is 0.239 e. The van der Waals surface area contributed by atoms with Gasteiger partial charge in [-0.3, -0.25) is 14.7 Å². The number of phenolic OH excluding ortho intramolecular Hbond substituents is 1. The second-order valence-corrected chi connectivity index (χ2v) is 8.74. The van der Waals surface area contributed by atoms with Crippen molar-refractivity contribution in [3.63, 3.8) is 0 Å². The van der Waals surface area contributed by atoms with Gasteiger partial charge in [-0.05, 0) is 65.5 Å². The SMILES string of the molecule is C=NCc1cccc(-c2csc([C@@]3(C)N=C(N)N(C)C(=O)[C@@H]3c3cccc(O)c3)c2)c1. The van der Waals surface area contributed by atoms with Crippen molar-refractivity contribution in [1.29, 1.82) is 0 Å². The summed E-state index contributed by atoms with van der Waals surface area (Å²) in [6, 6.07) is 17.0. The fraction of sp³-hybridized carbons (Fsp3) is 0.208. The molecule has 0 aliphatic carbocycles. The fourth-order valence-corrected chi connectivity index (χ4v) is 5.08. The molecule has 1 amide bonds. The topological polar surface area (TPSA) is 91.3 Å². The molecular formula is C24H24N4O2S. The summed E-state index contributed by atoms with van der Waals surface area (Å²) in [7, 11) is 1.62. The molecule has 2 atom stereocenters. The molecule has 0 fully saturated rings. The molecule has 31 heavy (non-hydrogen) atoms. The minimum atomic E-state index is -0.898. The number of guanidine groups is 1. The molecule has 1 aliphatic heterocycles. The zero-order chi connectivity index (χ0) is 22.2. The van der Waals surface area contributed by atoms with E-state index in [1.54, 1.807) is 36.6 Å². The van der Waals surface area contributed by atoms with Gasteiger partial charge in [0, 0.05) is 11.9 Å². The van der Waals surface area contributed by atoms with Crippen LogP contribution in [0.3, 0.4) is 0 Å². The van der Waals surface area contributed by atoms with Crippen LogP contribution in [0.2, 0.25) is 0 Å². The number of amides is 1. The summed E-state index contributed by atoms with van der Waals surface area (Å²) >= 11 is 1.55. The predicted molar refractivity (Wildman–Crippen MR) is 126 cm³/mol. The Bertz CT molecular complexity index is 1190. The molecule has 0 unspecified atom stereocenters. The van der Waals surface area contributed by atoms with E-state index in [9.17, 15) is 9.90 Å². The number of aromatic hydroxyl groups is 1. The van der Waals surface area contributed by atoms with Crippen LogP contribution >= 0.6 is 11.3 Å². The quantitative estimate of drug-likeness (QED) is 0.595. The first kappa shape index (κ1) is 20.8. The number of hydrogen-bond donors (Lipinski definition) is 2. The number of carbonyl (C=O) groups is 1. The second-order valence-electron chi connectivity index (χ2n) is 7.82. The molecule has 0 spiro atoms. The fourth-order valence-electron chi connectivity index (χ4n) is 4.02. The Balaban J connectivity index is 1.81. The second kappa shape index (κ2) is 8.00. The van der Waals surface area contributed by atoms with Gasteiger partial charge in [-0.25, -0.2) is 4.99 Å². The van der Waals surface area contributed by atoms with Crippen LogP contribution in [0.4, 0.5) is 0 Å². The molecule has 2 heterocycles. The number of rotatable bonds is 5. The average Bonchev–Trinajstić information content (AvgIpc) is 3.24. The maximum absolute atomic E-state index is 13.3. The number of likely N-dealkylation sites (N-methyl/N-ethyl adjacent to an activating group) is 1. The standard InChI is InChI=1S/C24H24N4O2S/c1-24(20-12-18(14-31-20)16-7-4-6-15(10-16)13-26-2)21(17-8-5-9-19(29)11-17)22(30)28(3)23(25)27-24/h4-12,14,21,29H,2,13H2,1,3H3,(H2,25,27)/t21-,24+/m0/s1. The van der Waals surface area contributed by atoms with Gasteiger partial charge in [0.05, 0.1) is 12.5 Å². The molecule has 3 aromatic rings. The van der Waals surface area contributed by atoms with Gasteiger partial charge in [-0.15, -0.1) is 11.3 Å². The highest BCUT2D eigenvalue weighted by Crippen LogP contribution is 2.47. The zero-order valence-corrected chi connectivity index (χ0v) is 18.3. The minimum absolute atomic E-state index is 0.109. The van der Waals surface area contributed by atoms with Gasteiger partial charge in [-0.2, -0.15) is 0 Å². The van der Waals surface area contributed by atoms with E-state index in [0.717, 1.165) is 21.6 Å². The molecule has 1 aliphatic rings. The average molecular weight is 433 g/mol. The number of aliphatic imine (C=N–C) groups is 2. The Morgan fingerprint density at radius 3 is 2.74 bits per heavy atom. The first-order valence-electron chi connectivity index (χ1n) is 9.86. The highest BCUT2D eigenvalue weighted by Gasteiger charge is 2.48. The van der Waals surface area contributed by atoms with Gasteiger partial charge < -0.3 is 10.8 Å². The van der Waals surface area contributed by atoms with Crippen LogP contribution in [0.1, 0.15) is 28.8 Å². The van der Waals surface area contributed by atoms with E-state index in [0.29, 0.717) is 12.1 Å². The Labute approximate surface area is 185 Å². The molecule has 1 aromatic heterocycles. The molecule has 7 heteroatoms. The van der Waals surface area contributed by atoms with Crippen LogP contribution in [0.15, 0.2) is 70.0 Å². The molecule has 6 nitrogen and oxygen atoms in total. The van der Waals surface area contributed by atoms with Crippen LogP contribution < -0.4 is 5.73 Å². The smallest absolute Gasteiger partial charge is 0.239 e. The predicted octanol–water partition coefficient (Wildman–Crippen LogP) is 4.11. The van der Waals surface area contributed by atoms with Crippen LogP contribution in [0.25, 0.3) is 11.1 Å². The number of benzene rings is 2. The van der Waals surface area contributed by atoms with Crippen molar-refractivity contribution in [2.75, 3.05) is 7.05 Å². The van der Waals surface area contributed by atoms with Crippen molar-refractivity contribution >= 4 is 29.9 Å². The van der Waals surface area contributed by atoms with Crippen molar-refractivity contribution in [2.45, 2.75) is 24.9 Å². The summed E-state index contributed by atoms with van der Waals surface area (Å²) in [5, 5.41) is 12.1. The first-order valence-corrected chi connectivity index (χ1v) is 10.7. The van der Waals surface area contributed by atoms with Gasteiger partial charge in [0.25, 0.3) is 0 Å². The lowest BCUT2D eigenvalue weighted by atomic mass is 9.77. The highest BCUT2D eigenvalue weighted by atomic mass is 32.1. The molecule has 4 rings (SSSR count). The van der Waals surface area contributed by atoms with Crippen LogP contribution in [-0.4, -0.2) is 35.6 Å². The minimum Gasteiger partial charge on any atom is -0.508 e. The monoisotopic (exact) mass is 432 g/mol. The van der Waals surface area contributed by atoms with Gasteiger partial charge in [0.15, 0.2) is 5.96 Å². The molecule has 0 bridgehead atoms. The molecular weight excluding hydrogens is 408 g/mol. The van der Waals surface area contributed by atoms with E-state index >= 15 is 0 Å². The van der Waals surface area contributed by atoms with E-state index in [1.165, 1.54) is 4.90 Å². The van der Waals surface area contributed by atoms with E-state index in [1.807, 2.05) is 31.2 Å². The largest absolute Gasteiger partial charge is 0.508 e. The molecule has 2 aromatic carbocycles. The zero-order valence-electron chi connectivity index (χ0n) is 17.4. The number of nitrogens with two attached hydrogens (primary N) is 1. The van der Waals surface area contributed by atoms with Crippen LogP contribution in [0, 0.1) is 0 Å². The number of thiophene rings is 1. The van der Waals surface area contributed by atoms with Crippen molar-refractivity contribution in [1.82, 2.24) is 4.90 Å². The lowest BCUT2D eigenvalue weighted by Gasteiger charge is -2.40. The lowest BCUT2D eigenvalue weighted by Crippen LogP contribution is -2.52. The van der Waals surface area contributed by atoms with E-state index < -0.39 is 11.5 Å². The molecule has 0 saturated heterocycles. The number of phenols is 1. The van der Waals surface area contributed by atoms with Crippen molar-refractivity contribution in [3.05, 3.63) is 76.0 Å². The van der Waals surface area contributed by atoms with E-state index in [-0.39, 0.29) is 17.6 Å². The summed E-state index contributed by atoms with van der Waals surface area (Å²) in [5.74, 6) is -0.482. The van der Waals surface area contributed by atoms with E-state index in [4.69, 9.17) is 10.7 Å². The van der Waals surface area contributed by atoms with E-state index in [2.05, 4.69) is 29.2 Å². The Kier molecular flexibility index (Phi) is 5.37. The third-order valence-electron chi connectivity index (χ3n) is 5.69. The highest BCUT2D eigenvalue weighted by molar-refractivity contribution is 7.10. The summed E-state index contributed by atoms with van der Waals surface area (Å²) in [5.41, 5.74) is 9.11. The summed E-state index contributed by atoms with van der Waals surface area (Å²) in [4.78, 5) is 24.3. The molecule has 0 saturated carbocycles. The third-order valence-corrected chi connectivity index (χ3v) is 6.84. The van der Waals surface area contributed by atoms with Crippen molar-refractivity contribution in [2.24, 2.45) is 15.7 Å². The third kappa shape index (κ3) is 3.72. The lowest BCUT2D eigenvalue weighted by molar-refractivity contribution is -0.130.